The van der Waals surface area contributed by atoms with Crippen LogP contribution in [0.5, 0.6) is 5.75 Å². The smallest absolute Gasteiger partial charge is 0.330 e. The van der Waals surface area contributed by atoms with Gasteiger partial charge in [-0.05, 0) is 31.5 Å². The van der Waals surface area contributed by atoms with Crippen LogP contribution in [0.4, 0.5) is 0 Å². The number of alkyl halides is 1. The molecule has 0 spiro atoms. The van der Waals surface area contributed by atoms with Crippen LogP contribution in [0, 0.1) is 0 Å². The number of carbonyl (C=O) groups excluding carboxylic acids is 2. The third kappa shape index (κ3) is 3.87. The first-order chi connectivity index (χ1) is 9.31. The molecule has 0 fully saturated rings. The number of methoxy groups -OCH3 is 2. The third-order valence-electron chi connectivity index (χ3n) is 2.77. The Balaban J connectivity index is 2.78. The normalized spacial score (nSPS) is 12.4. The predicted molar refractivity (Wildman–Crippen MR) is 75.8 cm³/mol. The summed E-state index contributed by atoms with van der Waals surface area (Å²) in [6, 6.07) is 6.81. The van der Waals surface area contributed by atoms with Crippen LogP contribution >= 0.6 is 11.6 Å². The Kier molecular flexibility index (Phi) is 5.39. The van der Waals surface area contributed by atoms with Gasteiger partial charge < -0.3 is 14.8 Å². The molecule has 0 aromatic heterocycles. The molecule has 1 rings (SSSR count). The molecular formula is C14H18ClNO4. The second-order valence-electron chi connectivity index (χ2n) is 4.74. The van der Waals surface area contributed by atoms with Crippen molar-refractivity contribution in [3.63, 3.8) is 0 Å². The lowest BCUT2D eigenvalue weighted by molar-refractivity contribution is -0.149. The van der Waals surface area contributed by atoms with Crippen molar-refractivity contribution in [2.45, 2.75) is 24.8 Å². The number of hydrogen-bond acceptors (Lipinski definition) is 4. The van der Waals surface area contributed by atoms with E-state index >= 15 is 0 Å². The van der Waals surface area contributed by atoms with Crippen molar-refractivity contribution >= 4 is 23.5 Å². The molecule has 0 saturated carbocycles. The minimum Gasteiger partial charge on any atom is -0.497 e. The topological polar surface area (TPSA) is 64.6 Å². The van der Waals surface area contributed by atoms with E-state index in [0.29, 0.717) is 11.3 Å². The molecular weight excluding hydrogens is 282 g/mol. The van der Waals surface area contributed by atoms with Crippen molar-refractivity contribution < 1.29 is 19.1 Å². The second kappa shape index (κ2) is 6.61. The highest BCUT2D eigenvalue weighted by Crippen LogP contribution is 2.24. The maximum atomic E-state index is 12.1. The zero-order valence-electron chi connectivity index (χ0n) is 11.9. The van der Waals surface area contributed by atoms with Crippen molar-refractivity contribution in [3.8, 4) is 5.75 Å². The van der Waals surface area contributed by atoms with Crippen molar-refractivity contribution in [2.75, 3.05) is 14.2 Å². The van der Waals surface area contributed by atoms with Gasteiger partial charge in [0.15, 0.2) is 0 Å². The molecule has 0 radical (unpaired) electrons. The highest BCUT2D eigenvalue weighted by molar-refractivity contribution is 6.31. The van der Waals surface area contributed by atoms with Gasteiger partial charge in [-0.15, -0.1) is 11.6 Å². The summed E-state index contributed by atoms with van der Waals surface area (Å²) >= 11 is 6.10. The summed E-state index contributed by atoms with van der Waals surface area (Å²) in [5.74, 6) is -0.329. The highest BCUT2D eigenvalue weighted by atomic mass is 35.5. The van der Waals surface area contributed by atoms with Crippen LogP contribution < -0.4 is 10.1 Å². The van der Waals surface area contributed by atoms with Gasteiger partial charge in [0.2, 0.25) is 5.91 Å². The number of benzene rings is 1. The van der Waals surface area contributed by atoms with Gasteiger partial charge in [0.1, 0.15) is 16.7 Å². The van der Waals surface area contributed by atoms with Crippen molar-refractivity contribution in [1.82, 2.24) is 5.32 Å². The lowest BCUT2D eigenvalue weighted by atomic mass is 10.0. The van der Waals surface area contributed by atoms with Gasteiger partial charge in [0.25, 0.3) is 0 Å². The number of ether oxygens (including phenoxy) is 2. The SMILES string of the molecule is COC(=O)C(C)(C)NC(=O)C(Cl)c1ccc(OC)cc1. The van der Waals surface area contributed by atoms with Crippen LogP contribution in [0.2, 0.25) is 0 Å². The quantitative estimate of drug-likeness (QED) is 0.667. The van der Waals surface area contributed by atoms with Gasteiger partial charge in [0, 0.05) is 0 Å². The van der Waals surface area contributed by atoms with E-state index in [2.05, 4.69) is 10.1 Å². The maximum Gasteiger partial charge on any atom is 0.330 e. The van der Waals surface area contributed by atoms with Crippen LogP contribution in [0.15, 0.2) is 24.3 Å². The molecule has 0 saturated heterocycles. The summed E-state index contributed by atoms with van der Waals surface area (Å²) in [7, 11) is 2.82. The second-order valence-corrected chi connectivity index (χ2v) is 5.18. The van der Waals surface area contributed by atoms with E-state index in [9.17, 15) is 9.59 Å². The third-order valence-corrected chi connectivity index (χ3v) is 3.22. The molecule has 1 aromatic carbocycles. The molecule has 1 aromatic rings. The Bertz CT molecular complexity index is 484. The van der Waals surface area contributed by atoms with Crippen LogP contribution in [0.1, 0.15) is 24.8 Å². The fraction of sp³-hybridized carbons (Fsp3) is 0.429. The fourth-order valence-corrected chi connectivity index (χ4v) is 1.80. The Morgan fingerprint density at radius 1 is 1.20 bits per heavy atom. The Morgan fingerprint density at radius 2 is 1.75 bits per heavy atom. The number of hydrogen-bond donors (Lipinski definition) is 1. The zero-order chi connectivity index (χ0) is 15.3. The lowest BCUT2D eigenvalue weighted by Crippen LogP contribution is -2.51. The van der Waals surface area contributed by atoms with Gasteiger partial charge in [-0.3, -0.25) is 4.79 Å². The first-order valence-electron chi connectivity index (χ1n) is 6.00. The van der Waals surface area contributed by atoms with E-state index < -0.39 is 22.8 Å². The molecule has 1 atom stereocenters. The molecule has 0 aliphatic heterocycles. The first kappa shape index (κ1) is 16.3. The summed E-state index contributed by atoms with van der Waals surface area (Å²) in [4.78, 5) is 23.6. The van der Waals surface area contributed by atoms with Gasteiger partial charge in [-0.25, -0.2) is 4.79 Å². The van der Waals surface area contributed by atoms with Crippen LogP contribution in [-0.2, 0) is 14.3 Å². The average Bonchev–Trinajstić information content (AvgIpc) is 2.45. The number of rotatable bonds is 5. The minimum absolute atomic E-state index is 0.466. The van der Waals surface area contributed by atoms with Crippen molar-refractivity contribution in [3.05, 3.63) is 29.8 Å². The summed E-state index contributed by atoms with van der Waals surface area (Å²) < 4.78 is 9.65. The lowest BCUT2D eigenvalue weighted by Gasteiger charge is -2.24. The van der Waals surface area contributed by atoms with Gasteiger partial charge in [0.05, 0.1) is 14.2 Å². The van der Waals surface area contributed by atoms with E-state index in [1.54, 1.807) is 45.2 Å². The van der Waals surface area contributed by atoms with Gasteiger partial charge >= 0.3 is 5.97 Å². The van der Waals surface area contributed by atoms with Gasteiger partial charge in [-0.2, -0.15) is 0 Å². The van der Waals surface area contributed by atoms with E-state index in [1.165, 1.54) is 7.11 Å². The monoisotopic (exact) mass is 299 g/mol. The number of nitrogens with one attached hydrogen (secondary N) is 1. The van der Waals surface area contributed by atoms with E-state index in [0.717, 1.165) is 0 Å². The van der Waals surface area contributed by atoms with Crippen LogP contribution in [0.25, 0.3) is 0 Å². The highest BCUT2D eigenvalue weighted by Gasteiger charge is 2.32. The Morgan fingerprint density at radius 3 is 2.20 bits per heavy atom. The maximum absolute atomic E-state index is 12.1. The number of halogens is 1. The molecule has 20 heavy (non-hydrogen) atoms. The molecule has 0 bridgehead atoms. The summed E-state index contributed by atoms with van der Waals surface area (Å²) in [6.07, 6.45) is 0. The Labute approximate surface area is 123 Å². The Hall–Kier alpha value is -1.75. The largest absolute Gasteiger partial charge is 0.497 e. The van der Waals surface area contributed by atoms with Crippen molar-refractivity contribution in [1.29, 1.82) is 0 Å². The number of carbonyl (C=O) groups is 2. The predicted octanol–water partition coefficient (Wildman–Crippen LogP) is 2.04. The molecule has 0 aliphatic rings. The molecule has 110 valence electrons. The minimum atomic E-state index is -1.13. The van der Waals surface area contributed by atoms with E-state index in [4.69, 9.17) is 16.3 Å². The van der Waals surface area contributed by atoms with Crippen LogP contribution in [-0.4, -0.2) is 31.6 Å². The number of amides is 1. The summed E-state index contributed by atoms with van der Waals surface area (Å²) in [5.41, 5.74) is -0.517. The summed E-state index contributed by atoms with van der Waals surface area (Å²) in [5, 5.41) is 1.66. The van der Waals surface area contributed by atoms with Crippen molar-refractivity contribution in [2.24, 2.45) is 0 Å². The molecule has 1 N–H and O–H groups in total. The van der Waals surface area contributed by atoms with E-state index in [-0.39, 0.29) is 0 Å². The van der Waals surface area contributed by atoms with Crippen LogP contribution in [0.3, 0.4) is 0 Å². The average molecular weight is 300 g/mol. The molecule has 5 nitrogen and oxygen atoms in total. The standard InChI is InChI=1S/C14H18ClNO4/c1-14(2,13(18)20-4)16-12(17)11(15)9-5-7-10(19-3)8-6-9/h5-8,11H,1-4H3,(H,16,17). The molecule has 1 unspecified atom stereocenters. The summed E-state index contributed by atoms with van der Waals surface area (Å²) in [6.45, 7) is 3.10. The molecule has 0 aliphatic carbocycles. The molecule has 6 heteroatoms. The van der Waals surface area contributed by atoms with Gasteiger partial charge in [-0.1, -0.05) is 12.1 Å². The molecule has 0 heterocycles. The number of esters is 1. The molecule has 1 amide bonds. The fourth-order valence-electron chi connectivity index (χ4n) is 1.60. The zero-order valence-corrected chi connectivity index (χ0v) is 12.7. The first-order valence-corrected chi connectivity index (χ1v) is 6.44. The van der Waals surface area contributed by atoms with E-state index in [1.807, 2.05) is 0 Å².